The monoisotopic (exact) mass is 385 g/mol. The summed E-state index contributed by atoms with van der Waals surface area (Å²) in [5, 5.41) is 3.72. The molecule has 1 heterocycles. The van der Waals surface area contributed by atoms with Gasteiger partial charge in [-0.05, 0) is 56.6 Å². The lowest BCUT2D eigenvalue weighted by atomic mass is 10.0. The second-order valence-electron chi connectivity index (χ2n) is 7.43. The number of nitrogens with zero attached hydrogens (tertiary/aromatic N) is 2. The molecule has 3 rings (SSSR count). The first-order valence-electron chi connectivity index (χ1n) is 9.51. The van der Waals surface area contributed by atoms with Gasteiger partial charge in [0.15, 0.2) is 0 Å². The minimum atomic E-state index is 0.0209. The van der Waals surface area contributed by atoms with Gasteiger partial charge in [-0.15, -0.1) is 0 Å². The molecule has 27 heavy (non-hydrogen) atoms. The predicted octanol–water partition coefficient (Wildman–Crippen LogP) is 4.28. The van der Waals surface area contributed by atoms with Gasteiger partial charge in [-0.3, -0.25) is 4.79 Å². The third kappa shape index (κ3) is 5.24. The smallest absolute Gasteiger partial charge is 0.224 e. The van der Waals surface area contributed by atoms with Crippen LogP contribution in [0.5, 0.6) is 0 Å². The maximum atomic E-state index is 12.6. The van der Waals surface area contributed by atoms with Gasteiger partial charge in [0.05, 0.1) is 11.4 Å². The molecule has 0 spiro atoms. The van der Waals surface area contributed by atoms with Crippen molar-refractivity contribution in [2.45, 2.75) is 26.7 Å². The van der Waals surface area contributed by atoms with Crippen molar-refractivity contribution in [1.82, 2.24) is 4.90 Å². The van der Waals surface area contributed by atoms with Gasteiger partial charge in [0, 0.05) is 37.6 Å². The van der Waals surface area contributed by atoms with Gasteiger partial charge in [-0.25, -0.2) is 0 Å². The van der Waals surface area contributed by atoms with Gasteiger partial charge in [0.2, 0.25) is 5.91 Å². The van der Waals surface area contributed by atoms with E-state index in [9.17, 15) is 4.79 Å². The van der Waals surface area contributed by atoms with Crippen molar-refractivity contribution in [3.8, 4) is 0 Å². The third-order valence-corrected chi connectivity index (χ3v) is 5.43. The number of rotatable bonds is 5. The number of benzene rings is 2. The Balaban J connectivity index is 1.67. The predicted molar refractivity (Wildman–Crippen MR) is 114 cm³/mol. The molecule has 144 valence electrons. The van der Waals surface area contributed by atoms with Crippen molar-refractivity contribution < 1.29 is 4.79 Å². The number of amides is 1. The normalized spacial score (nSPS) is 15.0. The lowest BCUT2D eigenvalue weighted by Gasteiger charge is -2.35. The first kappa shape index (κ1) is 19.7. The molecule has 0 radical (unpaired) electrons. The molecule has 1 saturated heterocycles. The Morgan fingerprint density at radius 1 is 1.07 bits per heavy atom. The van der Waals surface area contributed by atoms with E-state index >= 15 is 0 Å². The van der Waals surface area contributed by atoms with Crippen LogP contribution in [0.15, 0.2) is 36.4 Å². The Bertz CT molecular complexity index is 813. The SMILES string of the molecule is Cc1ccc(CCC(=O)Nc2cc(Cl)ccc2N2CCN(C)CC2)c(C)c1. The van der Waals surface area contributed by atoms with E-state index in [1.807, 2.05) is 18.2 Å². The van der Waals surface area contributed by atoms with E-state index in [-0.39, 0.29) is 5.91 Å². The summed E-state index contributed by atoms with van der Waals surface area (Å²) in [7, 11) is 2.13. The van der Waals surface area contributed by atoms with Crippen LogP contribution in [-0.2, 0) is 11.2 Å². The van der Waals surface area contributed by atoms with E-state index in [0.717, 1.165) is 44.0 Å². The van der Waals surface area contributed by atoms with E-state index in [0.29, 0.717) is 11.4 Å². The van der Waals surface area contributed by atoms with Gasteiger partial charge in [0.1, 0.15) is 0 Å². The second kappa shape index (κ2) is 8.77. The molecule has 0 saturated carbocycles. The Kier molecular flexibility index (Phi) is 6.40. The number of anilines is 2. The van der Waals surface area contributed by atoms with Crippen LogP contribution in [0.3, 0.4) is 0 Å². The zero-order valence-electron chi connectivity index (χ0n) is 16.4. The summed E-state index contributed by atoms with van der Waals surface area (Å²) in [6, 6.07) is 12.1. The molecule has 1 aliphatic heterocycles. The van der Waals surface area contributed by atoms with Crippen LogP contribution in [0.4, 0.5) is 11.4 Å². The van der Waals surface area contributed by atoms with Crippen LogP contribution < -0.4 is 10.2 Å². The average molecular weight is 386 g/mol. The van der Waals surface area contributed by atoms with Crippen molar-refractivity contribution in [3.63, 3.8) is 0 Å². The lowest BCUT2D eigenvalue weighted by Crippen LogP contribution is -2.44. The van der Waals surface area contributed by atoms with Crippen LogP contribution in [0.2, 0.25) is 5.02 Å². The van der Waals surface area contributed by atoms with Gasteiger partial charge in [-0.2, -0.15) is 0 Å². The molecule has 5 heteroatoms. The highest BCUT2D eigenvalue weighted by molar-refractivity contribution is 6.31. The molecule has 0 aliphatic carbocycles. The average Bonchev–Trinajstić information content (AvgIpc) is 2.62. The summed E-state index contributed by atoms with van der Waals surface area (Å²) in [5.41, 5.74) is 5.56. The summed E-state index contributed by atoms with van der Waals surface area (Å²) in [4.78, 5) is 17.2. The molecular formula is C22H28ClN3O. The Labute approximate surface area is 167 Å². The van der Waals surface area contributed by atoms with Gasteiger partial charge in [-0.1, -0.05) is 35.4 Å². The molecule has 0 atom stereocenters. The molecule has 0 bridgehead atoms. The molecule has 1 fully saturated rings. The number of aryl methyl sites for hydroxylation is 3. The minimum absolute atomic E-state index is 0.0209. The molecule has 4 nitrogen and oxygen atoms in total. The first-order valence-corrected chi connectivity index (χ1v) is 9.89. The van der Waals surface area contributed by atoms with E-state index in [1.165, 1.54) is 16.7 Å². The third-order valence-electron chi connectivity index (χ3n) is 5.20. The summed E-state index contributed by atoms with van der Waals surface area (Å²) >= 11 is 6.19. The summed E-state index contributed by atoms with van der Waals surface area (Å²) < 4.78 is 0. The lowest BCUT2D eigenvalue weighted by molar-refractivity contribution is -0.116. The van der Waals surface area contributed by atoms with Crippen molar-refractivity contribution in [2.24, 2.45) is 0 Å². The summed E-state index contributed by atoms with van der Waals surface area (Å²) in [5.74, 6) is 0.0209. The van der Waals surface area contributed by atoms with Crippen LogP contribution in [0.25, 0.3) is 0 Å². The van der Waals surface area contributed by atoms with E-state index < -0.39 is 0 Å². The van der Waals surface area contributed by atoms with Crippen LogP contribution >= 0.6 is 11.6 Å². The zero-order valence-corrected chi connectivity index (χ0v) is 17.1. The standard InChI is InChI=1S/C22H28ClN3O/c1-16-4-5-18(17(2)14-16)6-9-22(27)24-20-15-19(23)7-8-21(20)26-12-10-25(3)11-13-26/h4-5,7-8,14-15H,6,9-13H2,1-3H3,(H,24,27). The summed E-state index contributed by atoms with van der Waals surface area (Å²) in [6.07, 6.45) is 1.20. The molecule has 0 aromatic heterocycles. The molecule has 1 amide bonds. The number of hydrogen-bond donors (Lipinski definition) is 1. The Morgan fingerprint density at radius 3 is 2.52 bits per heavy atom. The minimum Gasteiger partial charge on any atom is -0.367 e. The quantitative estimate of drug-likeness (QED) is 0.834. The van der Waals surface area contributed by atoms with Crippen molar-refractivity contribution >= 4 is 28.9 Å². The number of carbonyl (C=O) groups is 1. The van der Waals surface area contributed by atoms with E-state index in [2.05, 4.69) is 54.2 Å². The summed E-state index contributed by atoms with van der Waals surface area (Å²) in [6.45, 7) is 8.11. The number of halogens is 1. The van der Waals surface area contributed by atoms with Crippen molar-refractivity contribution in [2.75, 3.05) is 43.4 Å². The number of hydrogen-bond acceptors (Lipinski definition) is 3. The Morgan fingerprint density at radius 2 is 1.81 bits per heavy atom. The fraction of sp³-hybridized carbons (Fsp3) is 0.409. The van der Waals surface area contributed by atoms with E-state index in [1.54, 1.807) is 0 Å². The molecular weight excluding hydrogens is 358 g/mol. The highest BCUT2D eigenvalue weighted by Crippen LogP contribution is 2.30. The topological polar surface area (TPSA) is 35.6 Å². The highest BCUT2D eigenvalue weighted by atomic mass is 35.5. The highest BCUT2D eigenvalue weighted by Gasteiger charge is 2.18. The van der Waals surface area contributed by atoms with Crippen molar-refractivity contribution in [3.05, 3.63) is 58.1 Å². The maximum absolute atomic E-state index is 12.6. The Hall–Kier alpha value is -2.04. The molecule has 1 N–H and O–H groups in total. The molecule has 2 aromatic carbocycles. The van der Waals surface area contributed by atoms with Crippen molar-refractivity contribution in [1.29, 1.82) is 0 Å². The van der Waals surface area contributed by atoms with Gasteiger partial charge >= 0.3 is 0 Å². The molecule has 1 aliphatic rings. The number of nitrogens with one attached hydrogen (secondary N) is 1. The number of piperazine rings is 1. The van der Waals surface area contributed by atoms with Gasteiger partial charge < -0.3 is 15.1 Å². The zero-order chi connectivity index (χ0) is 19.4. The van der Waals surface area contributed by atoms with Crippen LogP contribution in [0.1, 0.15) is 23.1 Å². The fourth-order valence-electron chi connectivity index (χ4n) is 3.52. The van der Waals surface area contributed by atoms with Crippen LogP contribution in [0, 0.1) is 13.8 Å². The number of likely N-dealkylation sites (N-methyl/N-ethyl adjacent to an activating group) is 1. The van der Waals surface area contributed by atoms with Gasteiger partial charge in [0.25, 0.3) is 0 Å². The largest absolute Gasteiger partial charge is 0.367 e. The van der Waals surface area contributed by atoms with Crippen LogP contribution in [-0.4, -0.2) is 44.0 Å². The molecule has 2 aromatic rings. The first-order chi connectivity index (χ1) is 12.9. The fourth-order valence-corrected chi connectivity index (χ4v) is 3.69. The maximum Gasteiger partial charge on any atom is 0.224 e. The molecule has 0 unspecified atom stereocenters. The van der Waals surface area contributed by atoms with E-state index in [4.69, 9.17) is 11.6 Å². The number of carbonyl (C=O) groups excluding carboxylic acids is 1. The second-order valence-corrected chi connectivity index (χ2v) is 7.87.